The van der Waals surface area contributed by atoms with Gasteiger partial charge in [-0.1, -0.05) is 13.8 Å². The summed E-state index contributed by atoms with van der Waals surface area (Å²) in [5.74, 6) is 1.36. The summed E-state index contributed by atoms with van der Waals surface area (Å²) < 4.78 is 7.74. The highest BCUT2D eigenvalue weighted by molar-refractivity contribution is 6.00. The summed E-state index contributed by atoms with van der Waals surface area (Å²) in [6, 6.07) is 5.98. The van der Waals surface area contributed by atoms with E-state index in [1.54, 1.807) is 0 Å². The van der Waals surface area contributed by atoms with Crippen molar-refractivity contribution in [3.63, 3.8) is 0 Å². The van der Waals surface area contributed by atoms with Crippen molar-refractivity contribution in [1.82, 2.24) is 4.57 Å². The molecule has 0 saturated heterocycles. The smallest absolute Gasteiger partial charge is 0.152 e. The SMILES string of the molecule is CCOc1ccc2c(c1)c(C=O)c(C)n2CC(C)C. The molecule has 0 radical (unpaired) electrons. The normalized spacial score (nSPS) is 11.2. The van der Waals surface area contributed by atoms with Gasteiger partial charge in [0.25, 0.3) is 0 Å². The van der Waals surface area contributed by atoms with Crippen LogP contribution in [0.15, 0.2) is 18.2 Å². The first-order valence-electron chi connectivity index (χ1n) is 6.79. The van der Waals surface area contributed by atoms with Crippen LogP contribution in [0.1, 0.15) is 36.8 Å². The summed E-state index contributed by atoms with van der Waals surface area (Å²) in [5.41, 5.74) is 2.92. The maximum absolute atomic E-state index is 11.4. The Morgan fingerprint density at radius 2 is 2.11 bits per heavy atom. The molecule has 0 fully saturated rings. The van der Waals surface area contributed by atoms with Crippen molar-refractivity contribution in [2.24, 2.45) is 5.92 Å². The molecule has 0 N–H and O–H groups in total. The van der Waals surface area contributed by atoms with E-state index in [0.29, 0.717) is 12.5 Å². The third-order valence-corrected chi connectivity index (χ3v) is 3.32. The van der Waals surface area contributed by atoms with E-state index in [4.69, 9.17) is 4.74 Å². The molecule has 2 aromatic rings. The van der Waals surface area contributed by atoms with Crippen LogP contribution in [-0.4, -0.2) is 17.5 Å². The summed E-state index contributed by atoms with van der Waals surface area (Å²) in [4.78, 5) is 11.4. The van der Waals surface area contributed by atoms with E-state index in [9.17, 15) is 4.79 Å². The number of aldehydes is 1. The highest BCUT2D eigenvalue weighted by Gasteiger charge is 2.14. The Bertz CT molecular complexity index is 596. The van der Waals surface area contributed by atoms with Gasteiger partial charge >= 0.3 is 0 Å². The highest BCUT2D eigenvalue weighted by Crippen LogP contribution is 2.29. The molecule has 0 unspecified atom stereocenters. The number of ether oxygens (including phenoxy) is 1. The Morgan fingerprint density at radius 1 is 1.37 bits per heavy atom. The molecule has 0 aliphatic rings. The quantitative estimate of drug-likeness (QED) is 0.764. The van der Waals surface area contributed by atoms with Gasteiger partial charge in [-0.15, -0.1) is 0 Å². The molecule has 3 heteroatoms. The van der Waals surface area contributed by atoms with E-state index in [1.165, 1.54) is 0 Å². The number of benzene rings is 1. The second-order valence-corrected chi connectivity index (χ2v) is 5.23. The Kier molecular flexibility index (Phi) is 3.93. The van der Waals surface area contributed by atoms with Crippen molar-refractivity contribution in [2.45, 2.75) is 34.2 Å². The maximum Gasteiger partial charge on any atom is 0.152 e. The zero-order valence-electron chi connectivity index (χ0n) is 12.1. The predicted octanol–water partition coefficient (Wildman–Crippen LogP) is 3.82. The minimum Gasteiger partial charge on any atom is -0.494 e. The lowest BCUT2D eigenvalue weighted by atomic mass is 10.1. The molecule has 1 heterocycles. The van der Waals surface area contributed by atoms with Crippen LogP contribution in [0.5, 0.6) is 5.75 Å². The van der Waals surface area contributed by atoms with Crippen molar-refractivity contribution in [3.05, 3.63) is 29.5 Å². The Hall–Kier alpha value is -1.77. The molecule has 0 bridgehead atoms. The Morgan fingerprint density at radius 3 is 2.68 bits per heavy atom. The molecule has 1 aromatic carbocycles. The zero-order chi connectivity index (χ0) is 14.0. The average Bonchev–Trinajstić information content (AvgIpc) is 2.62. The highest BCUT2D eigenvalue weighted by atomic mass is 16.5. The lowest BCUT2D eigenvalue weighted by Gasteiger charge is -2.11. The number of carbonyl (C=O) groups is 1. The molecule has 0 saturated carbocycles. The fourth-order valence-corrected chi connectivity index (χ4v) is 2.49. The largest absolute Gasteiger partial charge is 0.494 e. The van der Waals surface area contributed by atoms with E-state index < -0.39 is 0 Å². The van der Waals surface area contributed by atoms with Crippen molar-refractivity contribution >= 4 is 17.2 Å². The van der Waals surface area contributed by atoms with Crippen LogP contribution in [0.2, 0.25) is 0 Å². The van der Waals surface area contributed by atoms with Crippen molar-refractivity contribution in [1.29, 1.82) is 0 Å². The molecule has 0 amide bonds. The number of hydrogen-bond donors (Lipinski definition) is 0. The number of carbonyl (C=O) groups excluding carboxylic acids is 1. The van der Waals surface area contributed by atoms with Gasteiger partial charge in [-0.3, -0.25) is 4.79 Å². The third-order valence-electron chi connectivity index (χ3n) is 3.32. The molecular weight excluding hydrogens is 238 g/mol. The van der Waals surface area contributed by atoms with E-state index in [-0.39, 0.29) is 0 Å². The molecule has 0 atom stereocenters. The van der Waals surface area contributed by atoms with E-state index in [1.807, 2.05) is 32.0 Å². The lowest BCUT2D eigenvalue weighted by Crippen LogP contribution is -2.06. The third kappa shape index (κ3) is 2.50. The van der Waals surface area contributed by atoms with Gasteiger partial charge in [-0.2, -0.15) is 0 Å². The fourth-order valence-electron chi connectivity index (χ4n) is 2.49. The number of nitrogens with zero attached hydrogens (tertiary/aromatic N) is 1. The molecule has 0 aliphatic heterocycles. The van der Waals surface area contributed by atoms with Gasteiger partial charge in [0.1, 0.15) is 5.75 Å². The second kappa shape index (κ2) is 5.47. The first-order chi connectivity index (χ1) is 9.08. The maximum atomic E-state index is 11.4. The molecule has 3 nitrogen and oxygen atoms in total. The van der Waals surface area contributed by atoms with Gasteiger partial charge in [-0.25, -0.2) is 0 Å². The molecule has 0 spiro atoms. The fraction of sp³-hybridized carbons (Fsp3) is 0.438. The summed E-state index contributed by atoms with van der Waals surface area (Å²) in [6.07, 6.45) is 0.949. The second-order valence-electron chi connectivity index (χ2n) is 5.23. The Labute approximate surface area is 114 Å². The van der Waals surface area contributed by atoms with Crippen LogP contribution >= 0.6 is 0 Å². The average molecular weight is 259 g/mol. The zero-order valence-corrected chi connectivity index (χ0v) is 12.1. The lowest BCUT2D eigenvalue weighted by molar-refractivity contribution is 0.112. The van der Waals surface area contributed by atoms with Gasteiger partial charge < -0.3 is 9.30 Å². The van der Waals surface area contributed by atoms with Crippen LogP contribution in [0.4, 0.5) is 0 Å². The van der Waals surface area contributed by atoms with Crippen LogP contribution in [0.3, 0.4) is 0 Å². The molecule has 2 rings (SSSR count). The van der Waals surface area contributed by atoms with Gasteiger partial charge in [-0.05, 0) is 38.0 Å². The summed E-state index contributed by atoms with van der Waals surface area (Å²) in [5, 5.41) is 0.985. The number of rotatable bonds is 5. The predicted molar refractivity (Wildman–Crippen MR) is 78.1 cm³/mol. The van der Waals surface area contributed by atoms with Gasteiger partial charge in [0.2, 0.25) is 0 Å². The van der Waals surface area contributed by atoms with Gasteiger partial charge in [0.15, 0.2) is 6.29 Å². The summed E-state index contributed by atoms with van der Waals surface area (Å²) in [6.45, 7) is 9.88. The van der Waals surface area contributed by atoms with Gasteiger partial charge in [0.05, 0.1) is 6.61 Å². The van der Waals surface area contributed by atoms with Crippen LogP contribution < -0.4 is 4.74 Å². The topological polar surface area (TPSA) is 31.2 Å². The van der Waals surface area contributed by atoms with E-state index in [2.05, 4.69) is 18.4 Å². The molecule has 102 valence electrons. The first kappa shape index (κ1) is 13.7. The van der Waals surface area contributed by atoms with Crippen LogP contribution in [0, 0.1) is 12.8 Å². The van der Waals surface area contributed by atoms with Crippen molar-refractivity contribution in [3.8, 4) is 5.75 Å². The van der Waals surface area contributed by atoms with Crippen molar-refractivity contribution in [2.75, 3.05) is 6.61 Å². The standard InChI is InChI=1S/C16H21NO2/c1-5-19-13-6-7-16-14(8-13)15(10-18)12(4)17(16)9-11(2)3/h6-8,10-11H,5,9H2,1-4H3. The van der Waals surface area contributed by atoms with Crippen LogP contribution in [-0.2, 0) is 6.54 Å². The van der Waals surface area contributed by atoms with Crippen LogP contribution in [0.25, 0.3) is 10.9 Å². The minimum absolute atomic E-state index is 0.542. The van der Waals surface area contributed by atoms with E-state index >= 15 is 0 Å². The monoisotopic (exact) mass is 259 g/mol. The molecular formula is C16H21NO2. The first-order valence-corrected chi connectivity index (χ1v) is 6.79. The minimum atomic E-state index is 0.542. The van der Waals surface area contributed by atoms with Crippen molar-refractivity contribution < 1.29 is 9.53 Å². The molecule has 19 heavy (non-hydrogen) atoms. The summed E-state index contributed by atoms with van der Waals surface area (Å²) in [7, 11) is 0. The molecule has 1 aromatic heterocycles. The Balaban J connectivity index is 2.63. The number of fused-ring (bicyclic) bond motifs is 1. The number of hydrogen-bond acceptors (Lipinski definition) is 2. The summed E-state index contributed by atoms with van der Waals surface area (Å²) >= 11 is 0. The number of aromatic nitrogens is 1. The van der Waals surface area contributed by atoms with Gasteiger partial charge in [0, 0.05) is 28.7 Å². The molecule has 0 aliphatic carbocycles. The van der Waals surface area contributed by atoms with E-state index in [0.717, 1.165) is 40.7 Å².